The second kappa shape index (κ2) is 5.54. The van der Waals surface area contributed by atoms with Crippen molar-refractivity contribution in [3.05, 3.63) is 70.8 Å². The summed E-state index contributed by atoms with van der Waals surface area (Å²) in [6.45, 7) is 0. The van der Waals surface area contributed by atoms with Gasteiger partial charge in [0.1, 0.15) is 0 Å². The maximum atomic E-state index is 12.4. The number of carbonyl (C=O) groups excluding carboxylic acids is 2. The highest BCUT2D eigenvalue weighted by atomic mass is 35.5. The van der Waals surface area contributed by atoms with Crippen LogP contribution in [0.15, 0.2) is 60.2 Å². The molecular weight excluding hydrogens is 286 g/mol. The Morgan fingerprint density at radius 2 is 1.62 bits per heavy atom. The van der Waals surface area contributed by atoms with Crippen molar-refractivity contribution in [1.82, 2.24) is 0 Å². The van der Waals surface area contributed by atoms with Gasteiger partial charge in [-0.15, -0.1) is 0 Å². The van der Waals surface area contributed by atoms with Gasteiger partial charge in [-0.3, -0.25) is 9.59 Å². The molecule has 0 N–H and O–H groups in total. The van der Waals surface area contributed by atoms with Gasteiger partial charge in [0.2, 0.25) is 5.91 Å². The van der Waals surface area contributed by atoms with E-state index in [2.05, 4.69) is 0 Å². The molecule has 1 heterocycles. The van der Waals surface area contributed by atoms with E-state index < -0.39 is 0 Å². The summed E-state index contributed by atoms with van der Waals surface area (Å²) in [5.74, 6) is -0.490. The number of rotatable bonds is 2. The molecule has 0 aromatic heterocycles. The molecule has 21 heavy (non-hydrogen) atoms. The van der Waals surface area contributed by atoms with Gasteiger partial charge < -0.3 is 0 Å². The first kappa shape index (κ1) is 13.6. The van der Waals surface area contributed by atoms with Crippen LogP contribution in [-0.2, 0) is 9.59 Å². The Bertz CT molecular complexity index is 720. The quantitative estimate of drug-likeness (QED) is 0.626. The Morgan fingerprint density at radius 3 is 2.29 bits per heavy atom. The van der Waals surface area contributed by atoms with E-state index in [-0.39, 0.29) is 18.2 Å². The molecule has 4 heteroatoms. The summed E-state index contributed by atoms with van der Waals surface area (Å²) in [5, 5.41) is 0.567. The van der Waals surface area contributed by atoms with Crippen LogP contribution in [0.3, 0.4) is 0 Å². The summed E-state index contributed by atoms with van der Waals surface area (Å²) in [6.07, 6.45) is 1.88. The Kier molecular flexibility index (Phi) is 3.59. The lowest BCUT2D eigenvalue weighted by molar-refractivity contribution is -0.120. The number of benzene rings is 2. The average Bonchev–Trinajstić information content (AvgIpc) is 2.76. The van der Waals surface area contributed by atoms with Gasteiger partial charge in [0.25, 0.3) is 5.91 Å². The second-order valence-electron chi connectivity index (χ2n) is 4.77. The summed E-state index contributed by atoms with van der Waals surface area (Å²) in [5.41, 5.74) is 1.96. The number of nitrogens with zero attached hydrogens (tertiary/aromatic N) is 1. The third-order valence-corrected chi connectivity index (χ3v) is 3.55. The molecule has 2 amide bonds. The lowest BCUT2D eigenvalue weighted by Crippen LogP contribution is -2.28. The lowest BCUT2D eigenvalue weighted by atomic mass is 10.1. The van der Waals surface area contributed by atoms with E-state index >= 15 is 0 Å². The van der Waals surface area contributed by atoms with Gasteiger partial charge in [-0.1, -0.05) is 41.9 Å². The zero-order chi connectivity index (χ0) is 14.8. The van der Waals surface area contributed by atoms with E-state index in [1.54, 1.807) is 30.3 Å². The van der Waals surface area contributed by atoms with Crippen LogP contribution in [0.4, 0.5) is 5.69 Å². The van der Waals surface area contributed by atoms with Gasteiger partial charge in [-0.25, -0.2) is 4.90 Å². The maximum Gasteiger partial charge on any atom is 0.261 e. The normalized spacial score (nSPS) is 16.8. The Hall–Kier alpha value is -2.39. The molecule has 104 valence electrons. The zero-order valence-electron chi connectivity index (χ0n) is 11.1. The Labute approximate surface area is 127 Å². The number of hydrogen-bond acceptors (Lipinski definition) is 2. The zero-order valence-corrected chi connectivity index (χ0v) is 11.9. The fraction of sp³-hybridized carbons (Fsp3) is 0.0588. The van der Waals surface area contributed by atoms with Crippen LogP contribution >= 0.6 is 11.6 Å². The average molecular weight is 298 g/mol. The van der Waals surface area contributed by atoms with Crippen molar-refractivity contribution in [2.24, 2.45) is 0 Å². The number of hydrogen-bond donors (Lipinski definition) is 0. The van der Waals surface area contributed by atoms with Crippen LogP contribution in [-0.4, -0.2) is 11.8 Å². The molecule has 3 rings (SSSR count). The van der Waals surface area contributed by atoms with E-state index in [0.29, 0.717) is 16.3 Å². The standard InChI is InChI=1S/C17H12ClNO2/c18-14-6-8-15(9-7-14)19-16(20)11-13(17(19)21)10-12-4-2-1-3-5-12/h1-10H,11H2/b13-10-. The molecule has 0 saturated carbocycles. The minimum Gasteiger partial charge on any atom is -0.274 e. The van der Waals surface area contributed by atoms with Gasteiger partial charge in [-0.05, 0) is 35.9 Å². The van der Waals surface area contributed by atoms with Crippen LogP contribution < -0.4 is 4.90 Å². The molecule has 1 aliphatic heterocycles. The monoisotopic (exact) mass is 297 g/mol. The smallest absolute Gasteiger partial charge is 0.261 e. The predicted octanol–water partition coefficient (Wildman–Crippen LogP) is 3.69. The van der Waals surface area contributed by atoms with Gasteiger partial charge >= 0.3 is 0 Å². The summed E-state index contributed by atoms with van der Waals surface area (Å²) in [7, 11) is 0. The van der Waals surface area contributed by atoms with Crippen LogP contribution in [0.25, 0.3) is 6.08 Å². The molecule has 2 aromatic carbocycles. The fourth-order valence-electron chi connectivity index (χ4n) is 2.29. The Balaban J connectivity index is 1.92. The molecule has 0 atom stereocenters. The molecule has 2 aromatic rings. The van der Waals surface area contributed by atoms with Crippen LogP contribution in [0, 0.1) is 0 Å². The number of amides is 2. The summed E-state index contributed by atoms with van der Waals surface area (Å²) >= 11 is 5.83. The van der Waals surface area contributed by atoms with Crippen molar-refractivity contribution in [3.63, 3.8) is 0 Å². The van der Waals surface area contributed by atoms with E-state index in [0.717, 1.165) is 5.56 Å². The van der Waals surface area contributed by atoms with Crippen molar-refractivity contribution in [3.8, 4) is 0 Å². The van der Waals surface area contributed by atoms with Crippen molar-refractivity contribution in [2.75, 3.05) is 4.90 Å². The van der Waals surface area contributed by atoms with E-state index in [4.69, 9.17) is 11.6 Å². The SMILES string of the molecule is O=C1C/C(=C/c2ccccc2)C(=O)N1c1ccc(Cl)cc1. The third kappa shape index (κ3) is 2.73. The van der Waals surface area contributed by atoms with Gasteiger partial charge in [0.15, 0.2) is 0 Å². The minimum absolute atomic E-state index is 0.121. The summed E-state index contributed by atoms with van der Waals surface area (Å²) < 4.78 is 0. The first-order chi connectivity index (χ1) is 10.1. The van der Waals surface area contributed by atoms with E-state index in [9.17, 15) is 9.59 Å². The van der Waals surface area contributed by atoms with Crippen LogP contribution in [0.2, 0.25) is 5.02 Å². The lowest BCUT2D eigenvalue weighted by Gasteiger charge is -2.13. The molecule has 1 aliphatic rings. The summed E-state index contributed by atoms with van der Waals surface area (Å²) in [6, 6.07) is 16.2. The largest absolute Gasteiger partial charge is 0.274 e. The molecule has 1 saturated heterocycles. The number of anilines is 1. The van der Waals surface area contributed by atoms with Crippen molar-refractivity contribution < 1.29 is 9.59 Å². The number of halogens is 1. The first-order valence-corrected chi connectivity index (χ1v) is 6.91. The second-order valence-corrected chi connectivity index (χ2v) is 5.20. The molecular formula is C17H12ClNO2. The van der Waals surface area contributed by atoms with Crippen molar-refractivity contribution >= 4 is 35.2 Å². The van der Waals surface area contributed by atoms with Crippen molar-refractivity contribution in [1.29, 1.82) is 0 Å². The van der Waals surface area contributed by atoms with Crippen LogP contribution in [0.1, 0.15) is 12.0 Å². The van der Waals surface area contributed by atoms with Gasteiger partial charge in [0.05, 0.1) is 12.1 Å². The predicted molar refractivity (Wildman–Crippen MR) is 83.0 cm³/mol. The highest BCUT2D eigenvalue weighted by Gasteiger charge is 2.34. The Morgan fingerprint density at radius 1 is 0.952 bits per heavy atom. The maximum absolute atomic E-state index is 12.4. The fourth-order valence-corrected chi connectivity index (χ4v) is 2.42. The topological polar surface area (TPSA) is 37.4 Å². The minimum atomic E-state index is -0.272. The van der Waals surface area contributed by atoms with E-state index in [1.165, 1.54) is 4.90 Å². The first-order valence-electron chi connectivity index (χ1n) is 6.53. The third-order valence-electron chi connectivity index (χ3n) is 3.29. The van der Waals surface area contributed by atoms with Gasteiger partial charge in [0, 0.05) is 10.6 Å². The highest BCUT2D eigenvalue weighted by molar-refractivity contribution is 6.31. The molecule has 0 spiro atoms. The highest BCUT2D eigenvalue weighted by Crippen LogP contribution is 2.28. The number of carbonyl (C=O) groups is 2. The molecule has 0 aliphatic carbocycles. The molecule has 1 fully saturated rings. The summed E-state index contributed by atoms with van der Waals surface area (Å²) in [4.78, 5) is 25.7. The van der Waals surface area contributed by atoms with E-state index in [1.807, 2.05) is 30.3 Å². The molecule has 3 nitrogen and oxygen atoms in total. The van der Waals surface area contributed by atoms with Gasteiger partial charge in [-0.2, -0.15) is 0 Å². The van der Waals surface area contributed by atoms with Crippen LogP contribution in [0.5, 0.6) is 0 Å². The molecule has 0 radical (unpaired) electrons. The molecule has 0 bridgehead atoms. The molecule has 0 unspecified atom stereocenters. The van der Waals surface area contributed by atoms with Crippen molar-refractivity contribution in [2.45, 2.75) is 6.42 Å². The number of imide groups is 1.